The van der Waals surface area contributed by atoms with Crippen LogP contribution in [0.25, 0.3) is 0 Å². The van der Waals surface area contributed by atoms with Crippen LogP contribution in [0.3, 0.4) is 0 Å². The van der Waals surface area contributed by atoms with Gasteiger partial charge in [-0.15, -0.1) is 0 Å². The van der Waals surface area contributed by atoms with E-state index in [0.717, 1.165) is 12.2 Å². The number of benzene rings is 2. The minimum absolute atomic E-state index is 0.0415. The zero-order chi connectivity index (χ0) is 35.5. The molecule has 258 valence electrons. The molecular weight excluding hydrogens is 648 g/mol. The summed E-state index contributed by atoms with van der Waals surface area (Å²) in [5, 5.41) is 57.6. The van der Waals surface area contributed by atoms with Crippen LogP contribution in [0.1, 0.15) is 68.8 Å². The number of hydrogen-bond acceptors (Lipinski definition) is 14. The average molecular weight is 681 g/mol. The number of phenols is 2. The summed E-state index contributed by atoms with van der Waals surface area (Å²) in [4.78, 5) is 77.6. The molecule has 49 heavy (non-hydrogen) atoms. The first kappa shape index (κ1) is 33.9. The van der Waals surface area contributed by atoms with E-state index in [1.807, 2.05) is 0 Å². The standard InChI is InChI=1S/C33H32N2O14/c1-13-28(41)16(34-20(38)11-35-21(39)6-7-22(35)40)8-23(48-13)49-18-10-33(46,19(37)12-36)9-15-25(18)32(45)27-26(30(15)43)29(42)14-4-3-5-17(47-2)24(14)31(27)44/h3-7,13,16,18,23,28,36,41,43,45-46H,8-12H2,1-2H3,(H,34,38)/t13-,16-,18-,23-,28+,33-/m0/s1. The van der Waals surface area contributed by atoms with Gasteiger partial charge >= 0.3 is 0 Å². The predicted octanol–water partition coefficient (Wildman–Crippen LogP) is -0.916. The maximum absolute atomic E-state index is 13.8. The normalized spacial score (nSPS) is 27.4. The molecule has 6 rings (SSSR count). The van der Waals surface area contributed by atoms with Gasteiger partial charge in [0.05, 0.1) is 42.0 Å². The number of phenolic OH excluding ortho intramolecular Hbond substituents is 2. The number of carbonyl (C=O) groups is 6. The molecule has 0 spiro atoms. The molecule has 0 radical (unpaired) electrons. The molecular formula is C33H32N2O14. The smallest absolute Gasteiger partial charge is 0.254 e. The number of methoxy groups -OCH3 is 1. The number of hydrogen-bond donors (Lipinski definition) is 6. The Bertz CT molecular complexity index is 1830. The maximum Gasteiger partial charge on any atom is 0.254 e. The third kappa shape index (κ3) is 5.56. The molecule has 2 aromatic carbocycles. The number of nitrogens with zero attached hydrogens (tertiary/aromatic N) is 1. The van der Waals surface area contributed by atoms with E-state index in [-0.39, 0.29) is 34.4 Å². The molecule has 6 atom stereocenters. The molecule has 3 amide bonds. The molecule has 1 saturated heterocycles. The Morgan fingerprint density at radius 3 is 2.37 bits per heavy atom. The van der Waals surface area contributed by atoms with E-state index in [4.69, 9.17) is 14.2 Å². The van der Waals surface area contributed by atoms with Crippen molar-refractivity contribution in [1.29, 1.82) is 0 Å². The van der Waals surface area contributed by atoms with Gasteiger partial charge in [0, 0.05) is 48.1 Å². The van der Waals surface area contributed by atoms with Crippen molar-refractivity contribution < 1.29 is 68.5 Å². The van der Waals surface area contributed by atoms with Gasteiger partial charge in [0.2, 0.25) is 11.7 Å². The second-order valence-corrected chi connectivity index (χ2v) is 12.3. The van der Waals surface area contributed by atoms with Crippen molar-refractivity contribution >= 4 is 35.1 Å². The number of imide groups is 1. The van der Waals surface area contributed by atoms with E-state index < -0.39 is 120 Å². The van der Waals surface area contributed by atoms with Crippen LogP contribution in [-0.4, -0.2) is 116 Å². The lowest BCUT2D eigenvalue weighted by Gasteiger charge is -2.43. The first-order chi connectivity index (χ1) is 23.2. The van der Waals surface area contributed by atoms with E-state index in [2.05, 4.69) is 5.32 Å². The first-order valence-corrected chi connectivity index (χ1v) is 15.3. The molecule has 4 aliphatic rings. The summed E-state index contributed by atoms with van der Waals surface area (Å²) in [6, 6.07) is 3.19. The minimum atomic E-state index is -2.37. The topological polar surface area (TPSA) is 247 Å². The Morgan fingerprint density at radius 1 is 1.04 bits per heavy atom. The fourth-order valence-corrected chi connectivity index (χ4v) is 6.84. The molecule has 16 nitrogen and oxygen atoms in total. The Hall–Kier alpha value is -5.00. The van der Waals surface area contributed by atoms with Crippen LogP contribution in [0.4, 0.5) is 0 Å². The van der Waals surface area contributed by atoms with Gasteiger partial charge < -0.3 is 45.1 Å². The number of carbonyl (C=O) groups excluding carboxylic acids is 6. The average Bonchev–Trinajstić information content (AvgIpc) is 3.38. The van der Waals surface area contributed by atoms with Crippen LogP contribution >= 0.6 is 0 Å². The molecule has 2 aromatic rings. The van der Waals surface area contributed by atoms with E-state index in [1.165, 1.54) is 32.2 Å². The maximum atomic E-state index is 13.8. The van der Waals surface area contributed by atoms with Gasteiger partial charge in [-0.3, -0.25) is 33.7 Å². The second-order valence-electron chi connectivity index (χ2n) is 12.3. The molecule has 6 N–H and O–H groups in total. The number of aliphatic hydroxyl groups excluding tert-OH is 2. The SMILES string of the molecule is COc1cccc2c1C(=O)c1c(O)c3c(c(O)c1C2=O)C[C@@](O)(C(=O)CO)C[C@@H]3O[C@H]1C[C@H](NC(=O)CN2C(=O)C=CC2=O)[C@H](O)[C@H](C)O1. The van der Waals surface area contributed by atoms with Gasteiger partial charge in [-0.05, 0) is 13.0 Å². The summed E-state index contributed by atoms with van der Waals surface area (Å²) in [5.74, 6) is -6.38. The number of ketones is 3. The lowest BCUT2D eigenvalue weighted by atomic mass is 9.72. The summed E-state index contributed by atoms with van der Waals surface area (Å²) in [6.07, 6.45) is -4.61. The van der Waals surface area contributed by atoms with Gasteiger partial charge in [-0.25, -0.2) is 0 Å². The van der Waals surface area contributed by atoms with Crippen molar-refractivity contribution in [3.63, 3.8) is 0 Å². The number of fused-ring (bicyclic) bond motifs is 3. The van der Waals surface area contributed by atoms with Gasteiger partial charge in [-0.2, -0.15) is 0 Å². The predicted molar refractivity (Wildman–Crippen MR) is 162 cm³/mol. The lowest BCUT2D eigenvalue weighted by Crippen LogP contribution is -2.57. The first-order valence-electron chi connectivity index (χ1n) is 15.3. The molecule has 2 aliphatic heterocycles. The van der Waals surface area contributed by atoms with E-state index in [1.54, 1.807) is 0 Å². The van der Waals surface area contributed by atoms with Gasteiger partial charge in [0.1, 0.15) is 42.1 Å². The third-order valence-electron chi connectivity index (χ3n) is 9.31. The number of rotatable bonds is 8. The van der Waals surface area contributed by atoms with Crippen molar-refractivity contribution in [3.8, 4) is 17.2 Å². The van der Waals surface area contributed by atoms with Crippen LogP contribution in [0.2, 0.25) is 0 Å². The summed E-state index contributed by atoms with van der Waals surface area (Å²) >= 11 is 0. The van der Waals surface area contributed by atoms with Crippen LogP contribution in [0.15, 0.2) is 30.4 Å². The number of aliphatic hydroxyl groups is 3. The van der Waals surface area contributed by atoms with Crippen molar-refractivity contribution in [2.75, 3.05) is 20.3 Å². The molecule has 2 aliphatic carbocycles. The Labute approximate surface area is 277 Å². The zero-order valence-corrected chi connectivity index (χ0v) is 26.2. The highest BCUT2D eigenvalue weighted by Crippen LogP contribution is 2.52. The van der Waals surface area contributed by atoms with Gasteiger partial charge in [-0.1, -0.05) is 12.1 Å². The quantitative estimate of drug-likeness (QED) is 0.125. The van der Waals surface area contributed by atoms with Crippen LogP contribution < -0.4 is 10.1 Å². The minimum Gasteiger partial charge on any atom is -0.507 e. The van der Waals surface area contributed by atoms with Crippen molar-refractivity contribution in [1.82, 2.24) is 10.2 Å². The number of Topliss-reactive ketones (excluding diaryl/α,β-unsaturated/α-hetero) is 1. The summed E-state index contributed by atoms with van der Waals surface area (Å²) in [7, 11) is 1.29. The largest absolute Gasteiger partial charge is 0.507 e. The third-order valence-corrected chi connectivity index (χ3v) is 9.31. The molecule has 1 fully saturated rings. The fraction of sp³-hybridized carbons (Fsp3) is 0.394. The van der Waals surface area contributed by atoms with Crippen molar-refractivity contribution in [2.45, 2.75) is 62.4 Å². The number of nitrogens with one attached hydrogen (secondary N) is 1. The number of ether oxygens (including phenoxy) is 3. The lowest BCUT2D eigenvalue weighted by molar-refractivity contribution is -0.249. The molecule has 16 heteroatoms. The highest BCUT2D eigenvalue weighted by molar-refractivity contribution is 6.31. The second kappa shape index (κ2) is 12.5. The molecule has 0 saturated carbocycles. The molecule has 0 aromatic heterocycles. The van der Waals surface area contributed by atoms with Crippen molar-refractivity contribution in [3.05, 3.63) is 63.7 Å². The van der Waals surface area contributed by atoms with Crippen LogP contribution in [0.5, 0.6) is 17.2 Å². The summed E-state index contributed by atoms with van der Waals surface area (Å²) < 4.78 is 17.2. The highest BCUT2D eigenvalue weighted by Gasteiger charge is 2.50. The molecule has 0 bridgehead atoms. The van der Waals surface area contributed by atoms with E-state index in [9.17, 15) is 54.3 Å². The Balaban J connectivity index is 1.36. The Morgan fingerprint density at radius 2 is 1.71 bits per heavy atom. The van der Waals surface area contributed by atoms with E-state index >= 15 is 0 Å². The van der Waals surface area contributed by atoms with E-state index in [0.29, 0.717) is 4.90 Å². The van der Waals surface area contributed by atoms with Gasteiger partial charge in [0.25, 0.3) is 11.8 Å². The zero-order valence-electron chi connectivity index (χ0n) is 26.2. The van der Waals surface area contributed by atoms with Crippen molar-refractivity contribution in [2.24, 2.45) is 0 Å². The summed E-state index contributed by atoms with van der Waals surface area (Å²) in [6.45, 7) is -0.262. The molecule has 2 heterocycles. The Kier molecular flexibility index (Phi) is 8.62. The highest BCUT2D eigenvalue weighted by atomic mass is 16.7. The fourth-order valence-electron chi connectivity index (χ4n) is 6.84. The van der Waals surface area contributed by atoms with Crippen LogP contribution in [0, 0.1) is 0 Å². The van der Waals surface area contributed by atoms with Gasteiger partial charge in [0.15, 0.2) is 17.9 Å². The number of aromatic hydroxyl groups is 2. The number of amides is 3. The monoisotopic (exact) mass is 680 g/mol. The molecule has 0 unspecified atom stereocenters. The van der Waals surface area contributed by atoms with Crippen LogP contribution in [-0.2, 0) is 35.1 Å². The summed E-state index contributed by atoms with van der Waals surface area (Å²) in [5.41, 5.74) is -4.25.